The van der Waals surface area contributed by atoms with E-state index in [1.807, 2.05) is 6.07 Å². The number of nitriles is 1. The summed E-state index contributed by atoms with van der Waals surface area (Å²) in [5, 5.41) is 10.9. The fourth-order valence-electron chi connectivity index (χ4n) is 1.36. The molecule has 1 N–H and O–H groups in total. The lowest BCUT2D eigenvalue weighted by molar-refractivity contribution is -0.120. The van der Waals surface area contributed by atoms with E-state index in [2.05, 4.69) is 5.32 Å². The van der Waals surface area contributed by atoms with Gasteiger partial charge in [0.25, 0.3) is 0 Å². The summed E-state index contributed by atoms with van der Waals surface area (Å²) in [5.41, 5.74) is 0. The molecule has 1 aliphatic rings. The maximum absolute atomic E-state index is 10.9. The Balaban J connectivity index is 2.10. The maximum Gasteiger partial charge on any atom is 0.234 e. The molecule has 0 aromatic rings. The predicted octanol–water partition coefficient (Wildman–Crippen LogP) is 0.443. The molecule has 0 spiro atoms. The summed E-state index contributed by atoms with van der Waals surface area (Å²) in [5.74, 6) is 0.240. The zero-order valence-electron chi connectivity index (χ0n) is 7.58. The first-order chi connectivity index (χ1) is 6.33. The largest absolute Gasteiger partial charge is 0.381 e. The summed E-state index contributed by atoms with van der Waals surface area (Å²) < 4.78 is 5.26. The molecule has 1 saturated heterocycles. The standard InChI is InChI=1S/C9H14N2O2/c10-4-3-9(12)11-6-8-2-1-5-13-7-8/h8H,1-3,5-7H2,(H,11,12). The van der Waals surface area contributed by atoms with Crippen molar-refractivity contribution in [1.82, 2.24) is 5.32 Å². The summed E-state index contributed by atoms with van der Waals surface area (Å²) in [7, 11) is 0. The summed E-state index contributed by atoms with van der Waals surface area (Å²) in [4.78, 5) is 10.9. The van der Waals surface area contributed by atoms with Gasteiger partial charge in [-0.2, -0.15) is 5.26 Å². The number of nitrogens with zero attached hydrogens (tertiary/aromatic N) is 1. The van der Waals surface area contributed by atoms with E-state index < -0.39 is 0 Å². The SMILES string of the molecule is N#CCC(=O)NCC1CCCOC1. The lowest BCUT2D eigenvalue weighted by Gasteiger charge is -2.21. The van der Waals surface area contributed by atoms with Crippen molar-refractivity contribution in [2.45, 2.75) is 19.3 Å². The van der Waals surface area contributed by atoms with Gasteiger partial charge in [-0.25, -0.2) is 0 Å². The molecular weight excluding hydrogens is 168 g/mol. The Labute approximate surface area is 77.9 Å². The van der Waals surface area contributed by atoms with Crippen LogP contribution in [0.15, 0.2) is 0 Å². The molecule has 0 aromatic heterocycles. The Morgan fingerprint density at radius 1 is 1.69 bits per heavy atom. The maximum atomic E-state index is 10.9. The normalized spacial score (nSPS) is 21.9. The molecule has 4 heteroatoms. The van der Waals surface area contributed by atoms with Gasteiger partial charge in [-0.1, -0.05) is 0 Å². The highest BCUT2D eigenvalue weighted by Crippen LogP contribution is 2.11. The second-order valence-electron chi connectivity index (χ2n) is 3.22. The van der Waals surface area contributed by atoms with Crippen molar-refractivity contribution < 1.29 is 9.53 Å². The monoisotopic (exact) mass is 182 g/mol. The molecule has 1 rings (SSSR count). The third-order valence-electron chi connectivity index (χ3n) is 2.08. The Morgan fingerprint density at radius 3 is 3.15 bits per heavy atom. The molecule has 0 bridgehead atoms. The van der Waals surface area contributed by atoms with E-state index in [0.717, 1.165) is 26.1 Å². The second kappa shape index (κ2) is 5.55. The number of nitrogens with one attached hydrogen (secondary N) is 1. The van der Waals surface area contributed by atoms with Crippen LogP contribution in [-0.2, 0) is 9.53 Å². The number of rotatable bonds is 3. The molecule has 1 amide bonds. The number of hydrogen-bond donors (Lipinski definition) is 1. The zero-order chi connectivity index (χ0) is 9.52. The van der Waals surface area contributed by atoms with E-state index in [9.17, 15) is 4.79 Å². The molecule has 13 heavy (non-hydrogen) atoms. The van der Waals surface area contributed by atoms with Gasteiger partial charge >= 0.3 is 0 Å². The highest BCUT2D eigenvalue weighted by molar-refractivity contribution is 5.77. The second-order valence-corrected chi connectivity index (χ2v) is 3.22. The van der Waals surface area contributed by atoms with Crippen LogP contribution in [0, 0.1) is 17.2 Å². The van der Waals surface area contributed by atoms with Gasteiger partial charge in [-0.05, 0) is 18.8 Å². The first-order valence-corrected chi connectivity index (χ1v) is 4.54. The minimum Gasteiger partial charge on any atom is -0.381 e. The minimum atomic E-state index is -0.187. The fourth-order valence-corrected chi connectivity index (χ4v) is 1.36. The van der Waals surface area contributed by atoms with Gasteiger partial charge < -0.3 is 10.1 Å². The first kappa shape index (κ1) is 10.0. The Hall–Kier alpha value is -1.08. The quantitative estimate of drug-likeness (QED) is 0.689. The summed E-state index contributed by atoms with van der Waals surface area (Å²) in [6, 6.07) is 1.81. The first-order valence-electron chi connectivity index (χ1n) is 4.54. The molecular formula is C9H14N2O2. The summed E-state index contributed by atoms with van der Waals surface area (Å²) >= 11 is 0. The van der Waals surface area contributed by atoms with Gasteiger partial charge in [0.15, 0.2) is 0 Å². The van der Waals surface area contributed by atoms with E-state index in [1.54, 1.807) is 0 Å². The third kappa shape index (κ3) is 3.90. The predicted molar refractivity (Wildman–Crippen MR) is 46.8 cm³/mol. The molecule has 1 unspecified atom stereocenters. The van der Waals surface area contributed by atoms with E-state index in [1.165, 1.54) is 0 Å². The molecule has 72 valence electrons. The summed E-state index contributed by atoms with van der Waals surface area (Å²) in [6.45, 7) is 2.20. The van der Waals surface area contributed by atoms with Crippen LogP contribution in [0.3, 0.4) is 0 Å². The van der Waals surface area contributed by atoms with Crippen molar-refractivity contribution in [2.24, 2.45) is 5.92 Å². The van der Waals surface area contributed by atoms with Gasteiger partial charge in [-0.15, -0.1) is 0 Å². The molecule has 0 aromatic carbocycles. The van der Waals surface area contributed by atoms with E-state index in [0.29, 0.717) is 12.5 Å². The van der Waals surface area contributed by atoms with Crippen LogP contribution in [0.4, 0.5) is 0 Å². The van der Waals surface area contributed by atoms with Crippen molar-refractivity contribution in [3.63, 3.8) is 0 Å². The molecule has 0 radical (unpaired) electrons. The molecule has 0 aliphatic carbocycles. The Kier molecular flexibility index (Phi) is 4.27. The van der Waals surface area contributed by atoms with Crippen LogP contribution in [-0.4, -0.2) is 25.7 Å². The summed E-state index contributed by atoms with van der Waals surface area (Å²) in [6.07, 6.45) is 2.12. The lowest BCUT2D eigenvalue weighted by atomic mass is 10.0. The van der Waals surface area contributed by atoms with Crippen LogP contribution >= 0.6 is 0 Å². The van der Waals surface area contributed by atoms with Gasteiger partial charge in [0.1, 0.15) is 6.42 Å². The van der Waals surface area contributed by atoms with Crippen LogP contribution in [0.25, 0.3) is 0 Å². The van der Waals surface area contributed by atoms with Crippen molar-refractivity contribution >= 4 is 5.91 Å². The van der Waals surface area contributed by atoms with Crippen molar-refractivity contribution in [3.8, 4) is 6.07 Å². The molecule has 1 aliphatic heterocycles. The Morgan fingerprint density at radius 2 is 2.54 bits per heavy atom. The van der Waals surface area contributed by atoms with Gasteiger partial charge in [-0.3, -0.25) is 4.79 Å². The van der Waals surface area contributed by atoms with Crippen LogP contribution in [0.5, 0.6) is 0 Å². The molecule has 1 fully saturated rings. The highest BCUT2D eigenvalue weighted by atomic mass is 16.5. The van der Waals surface area contributed by atoms with Crippen LogP contribution in [0.1, 0.15) is 19.3 Å². The number of carbonyl (C=O) groups excluding carboxylic acids is 1. The van der Waals surface area contributed by atoms with Gasteiger partial charge in [0, 0.05) is 13.2 Å². The third-order valence-corrected chi connectivity index (χ3v) is 2.08. The van der Waals surface area contributed by atoms with Crippen molar-refractivity contribution in [1.29, 1.82) is 5.26 Å². The highest BCUT2D eigenvalue weighted by Gasteiger charge is 2.14. The van der Waals surface area contributed by atoms with Crippen molar-refractivity contribution in [3.05, 3.63) is 0 Å². The van der Waals surface area contributed by atoms with Crippen LogP contribution in [0.2, 0.25) is 0 Å². The van der Waals surface area contributed by atoms with Gasteiger partial charge in [0.2, 0.25) is 5.91 Å². The lowest BCUT2D eigenvalue weighted by Crippen LogP contribution is -2.32. The van der Waals surface area contributed by atoms with E-state index in [4.69, 9.17) is 10.00 Å². The number of ether oxygens (including phenoxy) is 1. The van der Waals surface area contributed by atoms with Gasteiger partial charge in [0.05, 0.1) is 12.7 Å². The van der Waals surface area contributed by atoms with E-state index >= 15 is 0 Å². The van der Waals surface area contributed by atoms with Crippen molar-refractivity contribution in [2.75, 3.05) is 19.8 Å². The zero-order valence-corrected chi connectivity index (χ0v) is 7.58. The number of carbonyl (C=O) groups is 1. The molecule has 1 atom stereocenters. The molecule has 4 nitrogen and oxygen atoms in total. The minimum absolute atomic E-state index is 0.0480. The number of amides is 1. The topological polar surface area (TPSA) is 62.1 Å². The van der Waals surface area contributed by atoms with E-state index in [-0.39, 0.29) is 12.3 Å². The Bertz CT molecular complexity index is 204. The van der Waals surface area contributed by atoms with Crippen LogP contribution < -0.4 is 5.32 Å². The average Bonchev–Trinajstić information content (AvgIpc) is 2.17. The smallest absolute Gasteiger partial charge is 0.234 e. The fraction of sp³-hybridized carbons (Fsp3) is 0.778. The molecule has 0 saturated carbocycles. The number of hydrogen-bond acceptors (Lipinski definition) is 3. The molecule has 1 heterocycles. The average molecular weight is 182 g/mol.